The van der Waals surface area contributed by atoms with Gasteiger partial charge in [-0.15, -0.1) is 0 Å². The van der Waals surface area contributed by atoms with Crippen LogP contribution in [-0.4, -0.2) is 31.0 Å². The van der Waals surface area contributed by atoms with E-state index in [1.54, 1.807) is 0 Å². The molecule has 1 unspecified atom stereocenters. The van der Waals surface area contributed by atoms with Crippen molar-refractivity contribution >= 4 is 9.84 Å². The fourth-order valence-electron chi connectivity index (χ4n) is 2.21. The van der Waals surface area contributed by atoms with E-state index >= 15 is 0 Å². The highest BCUT2D eigenvalue weighted by atomic mass is 32.2. The highest BCUT2D eigenvalue weighted by molar-refractivity contribution is 7.91. The zero-order chi connectivity index (χ0) is 14.3. The van der Waals surface area contributed by atoms with Crippen molar-refractivity contribution < 1.29 is 8.42 Å². The van der Waals surface area contributed by atoms with Crippen molar-refractivity contribution in [3.63, 3.8) is 0 Å². The fraction of sp³-hybridized carbons (Fsp3) is 0.714. The van der Waals surface area contributed by atoms with Gasteiger partial charge in [0.05, 0.1) is 5.75 Å². The van der Waals surface area contributed by atoms with E-state index in [0.717, 1.165) is 13.0 Å². The van der Waals surface area contributed by atoms with E-state index in [4.69, 9.17) is 0 Å². The predicted molar refractivity (Wildman–Crippen MR) is 80.1 cm³/mol. The van der Waals surface area contributed by atoms with Crippen molar-refractivity contribution in [2.75, 3.05) is 18.1 Å². The van der Waals surface area contributed by atoms with Gasteiger partial charge in [-0.25, -0.2) is 8.42 Å². The lowest BCUT2D eigenvalue weighted by Crippen LogP contribution is -2.19. The second kappa shape index (κ2) is 7.70. The van der Waals surface area contributed by atoms with Gasteiger partial charge in [0.1, 0.15) is 0 Å². The molecule has 19 heavy (non-hydrogen) atoms. The maximum Gasteiger partial charge on any atom is 0.152 e. The monoisotopic (exact) mass is 286 g/mol. The Hall–Kier alpha value is -0.810. The smallest absolute Gasteiger partial charge is 0.152 e. The van der Waals surface area contributed by atoms with Crippen LogP contribution in [0.25, 0.3) is 0 Å². The molecule has 0 fully saturated rings. The summed E-state index contributed by atoms with van der Waals surface area (Å²) in [5.41, 5.74) is 1.23. The minimum absolute atomic E-state index is 0.229. The molecule has 0 amide bonds. The average molecular weight is 286 g/mol. The lowest BCUT2D eigenvalue weighted by atomic mass is 10.1. The second-order valence-corrected chi connectivity index (χ2v) is 7.16. The summed E-state index contributed by atoms with van der Waals surface area (Å²) in [7, 11) is -2.89. The quantitative estimate of drug-likeness (QED) is 0.758. The number of aryl methyl sites for hydroxylation is 1. The van der Waals surface area contributed by atoms with Gasteiger partial charge >= 0.3 is 0 Å². The summed E-state index contributed by atoms with van der Waals surface area (Å²) in [5.74, 6) is 0.517. The first kappa shape index (κ1) is 16.2. The van der Waals surface area contributed by atoms with E-state index in [1.165, 1.54) is 5.56 Å². The minimum atomic E-state index is -2.89. The molecule has 4 nitrogen and oxygen atoms in total. The molecule has 1 heterocycles. The van der Waals surface area contributed by atoms with Crippen LogP contribution in [0.5, 0.6) is 0 Å². The Balaban J connectivity index is 2.60. The molecule has 1 atom stereocenters. The zero-order valence-electron chi connectivity index (χ0n) is 12.2. The largest absolute Gasteiger partial charge is 0.353 e. The van der Waals surface area contributed by atoms with Crippen LogP contribution in [0.15, 0.2) is 18.5 Å². The number of hydrogen-bond acceptors (Lipinski definition) is 3. The zero-order valence-corrected chi connectivity index (χ0v) is 13.0. The van der Waals surface area contributed by atoms with Gasteiger partial charge in [-0.3, -0.25) is 0 Å². The number of rotatable bonds is 9. The summed E-state index contributed by atoms with van der Waals surface area (Å²) in [6, 6.07) is 2.43. The standard InChI is InChI=1S/C14H26N2O2S/c1-4-10-19(17,18)11-9-16-8-7-13(12-16)14(5-2)15-6-3/h7-8,12,14-15H,4-6,9-11H2,1-3H3. The van der Waals surface area contributed by atoms with Crippen LogP contribution in [0, 0.1) is 0 Å². The number of hydrogen-bond donors (Lipinski definition) is 1. The first-order valence-corrected chi connectivity index (χ1v) is 8.94. The van der Waals surface area contributed by atoms with Gasteiger partial charge in [0, 0.05) is 30.7 Å². The van der Waals surface area contributed by atoms with Crippen molar-refractivity contribution in [2.24, 2.45) is 0 Å². The van der Waals surface area contributed by atoms with Crippen LogP contribution in [0.3, 0.4) is 0 Å². The van der Waals surface area contributed by atoms with E-state index in [0.29, 0.717) is 19.0 Å². The molecule has 5 heteroatoms. The van der Waals surface area contributed by atoms with E-state index in [-0.39, 0.29) is 11.5 Å². The van der Waals surface area contributed by atoms with Crippen molar-refractivity contribution in [1.82, 2.24) is 9.88 Å². The Kier molecular flexibility index (Phi) is 6.58. The molecule has 1 N–H and O–H groups in total. The van der Waals surface area contributed by atoms with Gasteiger partial charge in [-0.1, -0.05) is 20.8 Å². The lowest BCUT2D eigenvalue weighted by molar-refractivity contribution is 0.536. The molecule has 0 aliphatic heterocycles. The Labute approximate surface area is 117 Å². The molecule has 0 aliphatic carbocycles. The number of aromatic nitrogens is 1. The van der Waals surface area contributed by atoms with Crippen LogP contribution in [0.2, 0.25) is 0 Å². The van der Waals surface area contributed by atoms with Crippen molar-refractivity contribution in [3.8, 4) is 0 Å². The summed E-state index contributed by atoms with van der Waals surface area (Å²) in [6.45, 7) is 7.63. The Morgan fingerprint density at radius 3 is 2.58 bits per heavy atom. The summed E-state index contributed by atoms with van der Waals surface area (Å²) < 4.78 is 25.3. The number of nitrogens with zero attached hydrogens (tertiary/aromatic N) is 1. The molecule has 110 valence electrons. The maximum atomic E-state index is 11.7. The average Bonchev–Trinajstić information content (AvgIpc) is 2.82. The predicted octanol–water partition coefficient (Wildman–Crippen LogP) is 2.37. The number of nitrogens with one attached hydrogen (secondary N) is 1. The molecule has 0 spiro atoms. The molecule has 0 aliphatic rings. The summed E-state index contributed by atoms with van der Waals surface area (Å²) >= 11 is 0. The topological polar surface area (TPSA) is 51.1 Å². The van der Waals surface area contributed by atoms with Gasteiger partial charge in [0.15, 0.2) is 9.84 Å². The van der Waals surface area contributed by atoms with E-state index in [2.05, 4.69) is 31.4 Å². The van der Waals surface area contributed by atoms with Crippen LogP contribution in [-0.2, 0) is 16.4 Å². The SMILES string of the molecule is CCCS(=O)(=O)CCn1ccc(C(CC)NCC)c1. The third kappa shape index (κ3) is 5.37. The molecule has 1 aromatic heterocycles. The van der Waals surface area contributed by atoms with Gasteiger partial charge in [-0.05, 0) is 31.0 Å². The van der Waals surface area contributed by atoms with Gasteiger partial charge < -0.3 is 9.88 Å². The van der Waals surface area contributed by atoms with Crippen molar-refractivity contribution in [1.29, 1.82) is 0 Å². The van der Waals surface area contributed by atoms with Crippen LogP contribution in [0.1, 0.15) is 45.2 Å². The Morgan fingerprint density at radius 1 is 1.26 bits per heavy atom. The van der Waals surface area contributed by atoms with Crippen molar-refractivity contribution in [3.05, 3.63) is 24.0 Å². The molecule has 0 radical (unpaired) electrons. The highest BCUT2D eigenvalue weighted by Gasteiger charge is 2.11. The normalized spacial score (nSPS) is 13.6. The third-order valence-electron chi connectivity index (χ3n) is 3.21. The van der Waals surface area contributed by atoms with Gasteiger partial charge in [-0.2, -0.15) is 0 Å². The highest BCUT2D eigenvalue weighted by Crippen LogP contribution is 2.16. The molecular weight excluding hydrogens is 260 g/mol. The Bertz CT molecular complexity index is 466. The van der Waals surface area contributed by atoms with E-state index in [1.807, 2.05) is 17.7 Å². The number of sulfone groups is 1. The first-order chi connectivity index (χ1) is 9.02. The maximum absolute atomic E-state index is 11.7. The summed E-state index contributed by atoms with van der Waals surface area (Å²) in [6.07, 6.45) is 5.75. The molecule has 0 saturated carbocycles. The van der Waals surface area contributed by atoms with E-state index < -0.39 is 9.84 Å². The lowest BCUT2D eigenvalue weighted by Gasteiger charge is -2.14. The molecule has 0 aromatic carbocycles. The molecule has 0 saturated heterocycles. The summed E-state index contributed by atoms with van der Waals surface area (Å²) in [4.78, 5) is 0. The second-order valence-electron chi connectivity index (χ2n) is 4.85. The van der Waals surface area contributed by atoms with Crippen LogP contribution < -0.4 is 5.32 Å². The first-order valence-electron chi connectivity index (χ1n) is 7.11. The minimum Gasteiger partial charge on any atom is -0.353 e. The fourth-order valence-corrected chi connectivity index (χ4v) is 3.52. The van der Waals surface area contributed by atoms with Crippen LogP contribution >= 0.6 is 0 Å². The van der Waals surface area contributed by atoms with Crippen LogP contribution in [0.4, 0.5) is 0 Å². The van der Waals surface area contributed by atoms with Gasteiger partial charge in [0.25, 0.3) is 0 Å². The third-order valence-corrected chi connectivity index (χ3v) is 5.04. The molecule has 1 aromatic rings. The Morgan fingerprint density at radius 2 is 2.00 bits per heavy atom. The van der Waals surface area contributed by atoms with Gasteiger partial charge in [0.2, 0.25) is 0 Å². The summed E-state index contributed by atoms with van der Waals surface area (Å²) in [5, 5.41) is 3.42. The molecule has 1 rings (SSSR count). The molecule has 0 bridgehead atoms. The van der Waals surface area contributed by atoms with E-state index in [9.17, 15) is 8.42 Å². The molecular formula is C14H26N2O2S. The van der Waals surface area contributed by atoms with Crippen molar-refractivity contribution in [2.45, 2.75) is 46.2 Å².